The average molecular weight is 399 g/mol. The monoisotopic (exact) mass is 399 g/mol. The van der Waals surface area contributed by atoms with E-state index < -0.39 is 12.0 Å². The minimum Gasteiger partial charge on any atom is -0.496 e. The molecule has 1 aliphatic heterocycles. The Morgan fingerprint density at radius 2 is 1.83 bits per heavy atom. The van der Waals surface area contributed by atoms with Crippen LogP contribution in [0, 0.1) is 0 Å². The molecule has 0 radical (unpaired) electrons. The van der Waals surface area contributed by atoms with E-state index in [1.165, 1.54) is 0 Å². The van der Waals surface area contributed by atoms with Crippen LogP contribution in [0.25, 0.3) is 0 Å². The van der Waals surface area contributed by atoms with E-state index in [2.05, 4.69) is 4.90 Å². The van der Waals surface area contributed by atoms with Crippen LogP contribution in [0.15, 0.2) is 42.5 Å². The summed E-state index contributed by atoms with van der Waals surface area (Å²) in [7, 11) is 3.24. The molecular formula is C23H29NO5. The molecule has 6 heteroatoms. The quantitative estimate of drug-likeness (QED) is 0.720. The molecule has 1 fully saturated rings. The molecule has 3 rings (SSSR count). The molecule has 1 heterocycles. The van der Waals surface area contributed by atoms with Crippen molar-refractivity contribution in [3.05, 3.63) is 53.6 Å². The Kier molecular flexibility index (Phi) is 6.99. The topological polar surface area (TPSA) is 68.2 Å². The maximum Gasteiger partial charge on any atom is 0.320 e. The van der Waals surface area contributed by atoms with E-state index in [0.29, 0.717) is 31.1 Å². The summed E-state index contributed by atoms with van der Waals surface area (Å²) in [5.74, 6) is 1.30. The second-order valence-electron chi connectivity index (χ2n) is 7.07. The van der Waals surface area contributed by atoms with Crippen LogP contribution >= 0.6 is 0 Å². The van der Waals surface area contributed by atoms with Crippen LogP contribution in [0.5, 0.6) is 17.2 Å². The van der Waals surface area contributed by atoms with Crippen LogP contribution in [0.3, 0.4) is 0 Å². The van der Waals surface area contributed by atoms with Gasteiger partial charge in [0.2, 0.25) is 0 Å². The van der Waals surface area contributed by atoms with Gasteiger partial charge in [-0.3, -0.25) is 9.69 Å². The van der Waals surface area contributed by atoms with Gasteiger partial charge in [-0.1, -0.05) is 24.6 Å². The molecule has 2 unspecified atom stereocenters. The van der Waals surface area contributed by atoms with Crippen molar-refractivity contribution >= 4 is 5.97 Å². The van der Waals surface area contributed by atoms with Crippen molar-refractivity contribution in [1.29, 1.82) is 0 Å². The molecule has 1 N–H and O–H groups in total. The summed E-state index contributed by atoms with van der Waals surface area (Å²) < 4.78 is 17.0. The van der Waals surface area contributed by atoms with Gasteiger partial charge in [-0.2, -0.15) is 0 Å². The van der Waals surface area contributed by atoms with Gasteiger partial charge >= 0.3 is 5.97 Å². The summed E-state index contributed by atoms with van der Waals surface area (Å²) in [4.78, 5) is 14.1. The number of hydrogen-bond acceptors (Lipinski definition) is 5. The number of ether oxygens (including phenoxy) is 3. The highest BCUT2D eigenvalue weighted by molar-refractivity contribution is 5.74. The third-order valence-electron chi connectivity index (χ3n) is 5.39. The molecule has 0 saturated carbocycles. The molecule has 1 saturated heterocycles. The Balaban J connectivity index is 2.20. The van der Waals surface area contributed by atoms with Crippen molar-refractivity contribution in [2.45, 2.75) is 38.3 Å². The number of nitrogens with zero attached hydrogens (tertiary/aromatic N) is 1. The van der Waals surface area contributed by atoms with E-state index in [-0.39, 0.29) is 6.04 Å². The summed E-state index contributed by atoms with van der Waals surface area (Å²) in [5, 5.41) is 9.91. The number of piperidine rings is 1. The van der Waals surface area contributed by atoms with Gasteiger partial charge in [0, 0.05) is 0 Å². The van der Waals surface area contributed by atoms with Crippen LogP contribution in [-0.4, -0.2) is 49.4 Å². The Morgan fingerprint density at radius 1 is 1.14 bits per heavy atom. The maximum absolute atomic E-state index is 12.1. The fraction of sp³-hybridized carbons (Fsp3) is 0.435. The molecule has 0 aromatic heterocycles. The van der Waals surface area contributed by atoms with Crippen molar-refractivity contribution in [2.75, 3.05) is 27.4 Å². The molecule has 0 bridgehead atoms. The number of methoxy groups -OCH3 is 2. The number of carboxylic acids is 1. The number of hydrogen-bond donors (Lipinski definition) is 1. The molecule has 1 aliphatic rings. The van der Waals surface area contributed by atoms with E-state index >= 15 is 0 Å². The van der Waals surface area contributed by atoms with E-state index in [1.54, 1.807) is 14.2 Å². The van der Waals surface area contributed by atoms with Crippen molar-refractivity contribution in [1.82, 2.24) is 4.90 Å². The predicted octanol–water partition coefficient (Wildman–Crippen LogP) is 4.13. The number of benzene rings is 2. The zero-order valence-corrected chi connectivity index (χ0v) is 17.3. The summed E-state index contributed by atoms with van der Waals surface area (Å²) in [6, 6.07) is 12.6. The standard InChI is InChI=1S/C23H29NO5/c1-4-29-17-10-7-9-16(15-17)22(24-14-6-5-11-18(24)23(25)26)21-19(27-2)12-8-13-20(21)28-3/h7-10,12-13,15,18,22H,4-6,11,14H2,1-3H3,(H,25,26). The largest absolute Gasteiger partial charge is 0.496 e. The molecule has 2 aromatic rings. The smallest absolute Gasteiger partial charge is 0.320 e. The fourth-order valence-electron chi connectivity index (χ4n) is 4.14. The van der Waals surface area contributed by atoms with Crippen molar-refractivity contribution < 1.29 is 24.1 Å². The first-order valence-corrected chi connectivity index (χ1v) is 10.0. The van der Waals surface area contributed by atoms with Gasteiger partial charge in [-0.15, -0.1) is 0 Å². The Morgan fingerprint density at radius 3 is 2.45 bits per heavy atom. The van der Waals surface area contributed by atoms with Crippen molar-refractivity contribution in [2.24, 2.45) is 0 Å². The molecule has 0 amide bonds. The lowest BCUT2D eigenvalue weighted by Crippen LogP contribution is -2.47. The second-order valence-corrected chi connectivity index (χ2v) is 7.07. The Hall–Kier alpha value is -2.73. The number of carbonyl (C=O) groups is 1. The molecule has 0 spiro atoms. The minimum atomic E-state index is -0.801. The number of aliphatic carboxylic acids is 1. The van der Waals surface area contributed by atoms with Gasteiger partial charge < -0.3 is 19.3 Å². The first-order valence-electron chi connectivity index (χ1n) is 10.0. The summed E-state index contributed by atoms with van der Waals surface area (Å²) in [5.41, 5.74) is 1.78. The van der Waals surface area contributed by atoms with Gasteiger partial charge in [-0.25, -0.2) is 0 Å². The zero-order valence-electron chi connectivity index (χ0n) is 17.3. The fourth-order valence-corrected chi connectivity index (χ4v) is 4.14. The molecule has 0 aliphatic carbocycles. The van der Waals surface area contributed by atoms with Crippen LogP contribution in [0.2, 0.25) is 0 Å². The maximum atomic E-state index is 12.1. The van der Waals surface area contributed by atoms with Crippen LogP contribution < -0.4 is 14.2 Å². The SMILES string of the molecule is CCOc1cccc(C(c2c(OC)cccc2OC)N2CCCCC2C(=O)O)c1. The molecule has 156 valence electrons. The van der Waals surface area contributed by atoms with Crippen molar-refractivity contribution in [3.63, 3.8) is 0 Å². The number of likely N-dealkylation sites (tertiary alicyclic amines) is 1. The van der Waals surface area contributed by atoms with Crippen LogP contribution in [-0.2, 0) is 4.79 Å². The van der Waals surface area contributed by atoms with Crippen LogP contribution in [0.1, 0.15) is 43.4 Å². The Bertz CT molecular complexity index is 816. The number of carboxylic acid groups (broad SMARTS) is 1. The normalized spacial score (nSPS) is 18.1. The van der Waals surface area contributed by atoms with E-state index in [0.717, 1.165) is 29.7 Å². The van der Waals surface area contributed by atoms with E-state index in [4.69, 9.17) is 14.2 Å². The lowest BCUT2D eigenvalue weighted by atomic mass is 9.90. The van der Waals surface area contributed by atoms with Gasteiger partial charge in [0.05, 0.1) is 32.4 Å². The summed E-state index contributed by atoms with van der Waals surface area (Å²) >= 11 is 0. The first-order chi connectivity index (χ1) is 14.1. The highest BCUT2D eigenvalue weighted by atomic mass is 16.5. The molecule has 2 aromatic carbocycles. The van der Waals surface area contributed by atoms with Gasteiger partial charge in [0.25, 0.3) is 0 Å². The molecule has 29 heavy (non-hydrogen) atoms. The average Bonchev–Trinajstić information content (AvgIpc) is 2.75. The first kappa shape index (κ1) is 21.0. The summed E-state index contributed by atoms with van der Waals surface area (Å²) in [6.07, 6.45) is 2.47. The van der Waals surface area contributed by atoms with E-state index in [1.807, 2.05) is 49.4 Å². The Labute approximate surface area is 172 Å². The minimum absolute atomic E-state index is 0.331. The van der Waals surface area contributed by atoms with Gasteiger partial charge in [0.1, 0.15) is 23.3 Å². The third-order valence-corrected chi connectivity index (χ3v) is 5.39. The summed E-state index contributed by atoms with van der Waals surface area (Å²) in [6.45, 7) is 3.19. The molecule has 6 nitrogen and oxygen atoms in total. The zero-order chi connectivity index (χ0) is 20.8. The van der Waals surface area contributed by atoms with Crippen LogP contribution in [0.4, 0.5) is 0 Å². The lowest BCUT2D eigenvalue weighted by molar-refractivity contribution is -0.145. The molecule has 2 atom stereocenters. The number of rotatable bonds is 8. The van der Waals surface area contributed by atoms with E-state index in [9.17, 15) is 9.90 Å². The van der Waals surface area contributed by atoms with Gasteiger partial charge in [-0.05, 0) is 56.1 Å². The predicted molar refractivity (Wildman–Crippen MR) is 111 cm³/mol. The molecular weight excluding hydrogens is 370 g/mol. The van der Waals surface area contributed by atoms with Crippen molar-refractivity contribution in [3.8, 4) is 17.2 Å². The highest BCUT2D eigenvalue weighted by Crippen LogP contribution is 2.43. The highest BCUT2D eigenvalue weighted by Gasteiger charge is 2.37. The third kappa shape index (κ3) is 4.48. The second kappa shape index (κ2) is 9.65. The lowest BCUT2D eigenvalue weighted by Gasteiger charge is -2.40. The van der Waals surface area contributed by atoms with Gasteiger partial charge in [0.15, 0.2) is 0 Å².